The average Bonchev–Trinajstić information content (AvgIpc) is 3.24. The van der Waals surface area contributed by atoms with Gasteiger partial charge in [0.1, 0.15) is 11.9 Å². The predicted octanol–water partition coefficient (Wildman–Crippen LogP) is 5.88. The summed E-state index contributed by atoms with van der Waals surface area (Å²) in [4.78, 5) is 37.0. The van der Waals surface area contributed by atoms with Gasteiger partial charge < -0.3 is 15.2 Å². The zero-order valence-electron chi connectivity index (χ0n) is 20.6. The third kappa shape index (κ3) is 6.11. The number of aliphatic carboxylic acids is 1. The predicted molar refractivity (Wildman–Crippen MR) is 140 cm³/mol. The van der Waals surface area contributed by atoms with Crippen LogP contribution in [0.5, 0.6) is 0 Å². The third-order valence-corrected chi connectivity index (χ3v) is 7.01. The third-order valence-electron chi connectivity index (χ3n) is 6.67. The molecular formula is C27H29ClN4O5. The largest absolute Gasteiger partial charge is 0.481 e. The van der Waals surface area contributed by atoms with Crippen molar-refractivity contribution < 1.29 is 24.2 Å². The van der Waals surface area contributed by atoms with Crippen LogP contribution in [0.4, 0.5) is 16.3 Å². The van der Waals surface area contributed by atoms with Gasteiger partial charge in [-0.15, -0.1) is 0 Å². The highest BCUT2D eigenvalue weighted by molar-refractivity contribution is 6.31. The fraction of sp³-hybridized carbons (Fsp3) is 0.333. The summed E-state index contributed by atoms with van der Waals surface area (Å²) in [6.45, 7) is 1.74. The van der Waals surface area contributed by atoms with Gasteiger partial charge in [0.25, 0.3) is 0 Å². The molecule has 1 aliphatic carbocycles. The van der Waals surface area contributed by atoms with Crippen LogP contribution in [0.15, 0.2) is 54.7 Å². The lowest BCUT2D eigenvalue weighted by atomic mass is 9.78. The number of amides is 2. The lowest BCUT2D eigenvalue weighted by Crippen LogP contribution is -2.36. The number of benzene rings is 2. The molecule has 194 valence electrons. The van der Waals surface area contributed by atoms with Gasteiger partial charge in [-0.25, -0.2) is 4.79 Å². The van der Waals surface area contributed by atoms with Crippen LogP contribution >= 0.6 is 11.6 Å². The standard InChI is InChI=1S/C27H29ClN4O5/c1-16(19-7-5-6-10-23(19)28)37-27(36)31-24-22(15-29-32(24)2)17-11-13-18(14-12-17)30-25(33)20-8-3-4-9-21(20)26(34)35/h5-7,10-16,20-21H,3-4,8-9H2,1-2H3,(H,30,33)(H,31,36)(H,34,35)/t16?,20-,21-/m1/s1. The van der Waals surface area contributed by atoms with Gasteiger partial charge in [0.2, 0.25) is 5.91 Å². The molecule has 0 aliphatic heterocycles. The summed E-state index contributed by atoms with van der Waals surface area (Å²) in [5.41, 5.74) is 2.70. The molecule has 1 aliphatic rings. The van der Waals surface area contributed by atoms with Crippen LogP contribution in [0, 0.1) is 11.8 Å². The first kappa shape index (κ1) is 26.2. The normalized spacial score (nSPS) is 18.0. The van der Waals surface area contributed by atoms with E-state index in [-0.39, 0.29) is 5.91 Å². The van der Waals surface area contributed by atoms with E-state index in [0.717, 1.165) is 18.4 Å². The van der Waals surface area contributed by atoms with Crippen LogP contribution in [0.1, 0.15) is 44.3 Å². The Balaban J connectivity index is 1.43. The summed E-state index contributed by atoms with van der Waals surface area (Å²) >= 11 is 6.21. The second-order valence-corrected chi connectivity index (χ2v) is 9.53. The molecule has 3 N–H and O–H groups in total. The molecule has 1 saturated carbocycles. The van der Waals surface area contributed by atoms with Gasteiger partial charge in [0, 0.05) is 28.9 Å². The van der Waals surface area contributed by atoms with Crippen molar-refractivity contribution in [2.24, 2.45) is 18.9 Å². The van der Waals surface area contributed by atoms with E-state index in [0.29, 0.717) is 40.5 Å². The maximum absolute atomic E-state index is 12.8. The smallest absolute Gasteiger partial charge is 0.413 e. The molecule has 9 nitrogen and oxygen atoms in total. The SMILES string of the molecule is CC(OC(=O)Nc1c(-c2ccc(NC(=O)[C@@H]3CCCC[C@H]3C(=O)O)cc2)cnn1C)c1ccccc1Cl. The zero-order chi connectivity index (χ0) is 26.5. The second kappa shape index (κ2) is 11.5. The van der Waals surface area contributed by atoms with Crippen molar-refractivity contribution >= 4 is 41.1 Å². The maximum Gasteiger partial charge on any atom is 0.413 e. The number of hydrogen-bond donors (Lipinski definition) is 3. The number of carboxylic acids is 1. The van der Waals surface area contributed by atoms with E-state index in [9.17, 15) is 19.5 Å². The second-order valence-electron chi connectivity index (χ2n) is 9.13. The molecule has 3 atom stereocenters. The number of hydrogen-bond acceptors (Lipinski definition) is 5. The van der Waals surface area contributed by atoms with E-state index in [1.165, 1.54) is 4.68 Å². The van der Waals surface area contributed by atoms with Gasteiger partial charge in [0.05, 0.1) is 18.0 Å². The summed E-state index contributed by atoms with van der Waals surface area (Å²) in [7, 11) is 1.70. The molecule has 0 bridgehead atoms. The zero-order valence-corrected chi connectivity index (χ0v) is 21.4. The fourth-order valence-electron chi connectivity index (χ4n) is 4.66. The Morgan fingerprint density at radius 1 is 1.05 bits per heavy atom. The number of aromatic nitrogens is 2. The highest BCUT2D eigenvalue weighted by Crippen LogP contribution is 2.33. The van der Waals surface area contributed by atoms with Crippen molar-refractivity contribution in [3.8, 4) is 11.1 Å². The van der Waals surface area contributed by atoms with Gasteiger partial charge in [-0.3, -0.25) is 19.6 Å². The van der Waals surface area contributed by atoms with Crippen LogP contribution < -0.4 is 10.6 Å². The molecule has 2 amide bonds. The quantitative estimate of drug-likeness (QED) is 0.354. The number of nitrogens with zero attached hydrogens (tertiary/aromatic N) is 2. The number of rotatable bonds is 7. The molecule has 0 saturated heterocycles. The molecule has 10 heteroatoms. The molecule has 0 spiro atoms. The van der Waals surface area contributed by atoms with Crippen molar-refractivity contribution in [3.05, 3.63) is 65.3 Å². The lowest BCUT2D eigenvalue weighted by molar-refractivity contribution is -0.147. The topological polar surface area (TPSA) is 123 Å². The Labute approximate surface area is 219 Å². The molecule has 1 heterocycles. The summed E-state index contributed by atoms with van der Waals surface area (Å²) in [6.07, 6.45) is 3.17. The number of carbonyl (C=O) groups excluding carboxylic acids is 2. The van der Waals surface area contributed by atoms with Crippen LogP contribution in [0.25, 0.3) is 11.1 Å². The van der Waals surface area contributed by atoms with Crippen molar-refractivity contribution in [2.45, 2.75) is 38.7 Å². The van der Waals surface area contributed by atoms with Crippen LogP contribution in [-0.4, -0.2) is 32.9 Å². The van der Waals surface area contributed by atoms with Crippen molar-refractivity contribution in [1.82, 2.24) is 9.78 Å². The van der Waals surface area contributed by atoms with Gasteiger partial charge >= 0.3 is 12.1 Å². The number of anilines is 2. The number of nitrogens with one attached hydrogen (secondary N) is 2. The minimum atomic E-state index is -0.924. The lowest BCUT2D eigenvalue weighted by Gasteiger charge is -2.27. The summed E-state index contributed by atoms with van der Waals surface area (Å²) in [5.74, 6) is -1.96. The van der Waals surface area contributed by atoms with E-state index >= 15 is 0 Å². The van der Waals surface area contributed by atoms with E-state index in [1.807, 2.05) is 6.07 Å². The summed E-state index contributed by atoms with van der Waals surface area (Å²) in [5, 5.41) is 19.8. The Morgan fingerprint density at radius 3 is 2.41 bits per heavy atom. The number of ether oxygens (including phenoxy) is 1. The van der Waals surface area contributed by atoms with Crippen LogP contribution in [0.2, 0.25) is 5.02 Å². The Bertz CT molecular complexity index is 1290. The molecule has 0 radical (unpaired) electrons. The molecule has 1 unspecified atom stereocenters. The average molecular weight is 525 g/mol. The van der Waals surface area contributed by atoms with E-state index < -0.39 is 30.0 Å². The van der Waals surface area contributed by atoms with Gasteiger partial charge in [-0.2, -0.15) is 5.10 Å². The minimum absolute atomic E-state index is 0.279. The Morgan fingerprint density at radius 2 is 1.73 bits per heavy atom. The number of carbonyl (C=O) groups is 3. The van der Waals surface area contributed by atoms with Gasteiger partial charge in [-0.1, -0.05) is 54.8 Å². The van der Waals surface area contributed by atoms with E-state index in [2.05, 4.69) is 15.7 Å². The van der Waals surface area contributed by atoms with Gasteiger partial charge in [0.15, 0.2) is 0 Å². The summed E-state index contributed by atoms with van der Waals surface area (Å²) in [6, 6.07) is 14.2. The number of aryl methyl sites for hydroxylation is 1. The molecule has 37 heavy (non-hydrogen) atoms. The van der Waals surface area contributed by atoms with E-state index in [1.54, 1.807) is 62.6 Å². The maximum atomic E-state index is 12.8. The van der Waals surface area contributed by atoms with Gasteiger partial charge in [-0.05, 0) is 43.5 Å². The molecule has 4 rings (SSSR count). The van der Waals surface area contributed by atoms with Crippen molar-refractivity contribution in [2.75, 3.05) is 10.6 Å². The van der Waals surface area contributed by atoms with Crippen LogP contribution in [-0.2, 0) is 21.4 Å². The molecule has 3 aromatic rings. The first-order chi connectivity index (χ1) is 17.7. The van der Waals surface area contributed by atoms with Crippen molar-refractivity contribution in [1.29, 1.82) is 0 Å². The first-order valence-electron chi connectivity index (χ1n) is 12.1. The monoisotopic (exact) mass is 524 g/mol. The highest BCUT2D eigenvalue weighted by Gasteiger charge is 2.35. The highest BCUT2D eigenvalue weighted by atomic mass is 35.5. The molecule has 1 fully saturated rings. The Kier molecular flexibility index (Phi) is 8.13. The minimum Gasteiger partial charge on any atom is -0.481 e. The van der Waals surface area contributed by atoms with E-state index in [4.69, 9.17) is 16.3 Å². The molecule has 1 aromatic heterocycles. The Hall–Kier alpha value is -3.85. The van der Waals surface area contributed by atoms with Crippen molar-refractivity contribution in [3.63, 3.8) is 0 Å². The molecular weight excluding hydrogens is 496 g/mol. The number of halogens is 1. The molecule has 2 aromatic carbocycles. The fourth-order valence-corrected chi connectivity index (χ4v) is 4.95. The summed E-state index contributed by atoms with van der Waals surface area (Å²) < 4.78 is 7.05. The number of carboxylic acid groups (broad SMARTS) is 1. The van der Waals surface area contributed by atoms with Crippen LogP contribution in [0.3, 0.4) is 0 Å². The first-order valence-corrected chi connectivity index (χ1v) is 12.5.